The second kappa shape index (κ2) is 24.3. The molecule has 234 valence electrons. The zero-order chi connectivity index (χ0) is 31.1. The smallest absolute Gasteiger partial charge is 0.246 e. The number of nitrogens with one attached hydrogen (secondary N) is 3. The molecular weight excluding hydrogens is 488 g/mol. The molecule has 0 aliphatic rings. The van der Waals surface area contributed by atoms with Crippen molar-refractivity contribution < 1.29 is 9.59 Å². The fourth-order valence-corrected chi connectivity index (χ4v) is 2.82. The standard InChI is InChI=1S/C11H24N2O.C11H26N2.C9H18N2O/c1-6-11(2,3)10(14)12-8-7-9-13(4)5;1-6-11(2,3)10-12-8-7-9-13(4)5;1-8(2)9(12)10-6-5-7-11(3)4/h6-9H2,1-5H3,(H,12,14);12H,6-10H2,1-5H3;1,5-7H2,2-4H3,(H,10,12). The molecular formula is C31H68N6O2. The molecule has 0 saturated heterocycles. The van der Waals surface area contributed by atoms with E-state index >= 15 is 0 Å². The van der Waals surface area contributed by atoms with E-state index in [1.807, 2.05) is 49.0 Å². The Kier molecular flexibility index (Phi) is 26.2. The van der Waals surface area contributed by atoms with Crippen LogP contribution < -0.4 is 16.0 Å². The molecule has 2 amide bonds. The van der Waals surface area contributed by atoms with Gasteiger partial charge in [-0.1, -0.05) is 48.1 Å². The monoisotopic (exact) mass is 557 g/mol. The number of carbonyl (C=O) groups excluding carboxylic acids is 2. The maximum atomic E-state index is 11.6. The molecule has 0 aromatic heterocycles. The van der Waals surface area contributed by atoms with E-state index in [1.54, 1.807) is 6.92 Å². The van der Waals surface area contributed by atoms with Gasteiger partial charge < -0.3 is 30.7 Å². The second-order valence-corrected chi connectivity index (χ2v) is 12.7. The maximum Gasteiger partial charge on any atom is 0.246 e. The molecule has 0 fully saturated rings. The Labute approximate surface area is 243 Å². The molecule has 3 N–H and O–H groups in total. The van der Waals surface area contributed by atoms with Crippen LogP contribution in [0.4, 0.5) is 0 Å². The van der Waals surface area contributed by atoms with Crippen LogP contribution in [0.15, 0.2) is 12.2 Å². The van der Waals surface area contributed by atoms with Gasteiger partial charge >= 0.3 is 0 Å². The minimum Gasteiger partial charge on any atom is -0.356 e. The molecule has 0 atom stereocenters. The minimum absolute atomic E-state index is 0.0474. The average molecular weight is 557 g/mol. The summed E-state index contributed by atoms with van der Waals surface area (Å²) in [6, 6.07) is 0. The Morgan fingerprint density at radius 1 is 0.692 bits per heavy atom. The Morgan fingerprint density at radius 3 is 1.46 bits per heavy atom. The molecule has 8 heteroatoms. The summed E-state index contributed by atoms with van der Waals surface area (Å²) in [4.78, 5) is 29.0. The van der Waals surface area contributed by atoms with Crippen LogP contribution in [0.1, 0.15) is 80.6 Å². The first-order valence-corrected chi connectivity index (χ1v) is 14.8. The van der Waals surface area contributed by atoms with E-state index in [1.165, 1.54) is 19.4 Å². The zero-order valence-electron chi connectivity index (χ0n) is 28.4. The lowest BCUT2D eigenvalue weighted by atomic mass is 9.89. The second-order valence-electron chi connectivity index (χ2n) is 12.7. The lowest BCUT2D eigenvalue weighted by Crippen LogP contribution is -2.37. The van der Waals surface area contributed by atoms with Crippen LogP contribution in [-0.2, 0) is 9.59 Å². The zero-order valence-corrected chi connectivity index (χ0v) is 28.4. The van der Waals surface area contributed by atoms with Crippen molar-refractivity contribution in [2.45, 2.75) is 80.6 Å². The first kappa shape index (κ1) is 42.0. The number of rotatable bonds is 18. The van der Waals surface area contributed by atoms with Gasteiger partial charge in [0.2, 0.25) is 11.8 Å². The van der Waals surface area contributed by atoms with Gasteiger partial charge in [0.05, 0.1) is 0 Å². The fraction of sp³-hybridized carbons (Fsp3) is 0.871. The van der Waals surface area contributed by atoms with E-state index in [4.69, 9.17) is 0 Å². The Bertz CT molecular complexity index is 631. The highest BCUT2D eigenvalue weighted by Gasteiger charge is 2.24. The van der Waals surface area contributed by atoms with Crippen molar-refractivity contribution in [3.8, 4) is 0 Å². The van der Waals surface area contributed by atoms with E-state index in [0.29, 0.717) is 11.0 Å². The Hall–Kier alpha value is -1.48. The predicted octanol–water partition coefficient (Wildman–Crippen LogP) is 4.08. The summed E-state index contributed by atoms with van der Waals surface area (Å²) in [7, 11) is 12.3. The topological polar surface area (TPSA) is 80.0 Å². The molecule has 0 spiro atoms. The number of hydrogen-bond acceptors (Lipinski definition) is 6. The third-order valence-electron chi connectivity index (χ3n) is 6.54. The fourth-order valence-electron chi connectivity index (χ4n) is 2.82. The SMILES string of the molecule is C=C(C)C(=O)NCCCN(C)C.CCC(C)(C)C(=O)NCCCN(C)C.CCC(C)(C)CNCCCN(C)C. The third-order valence-corrected chi connectivity index (χ3v) is 6.54. The van der Waals surface area contributed by atoms with Crippen LogP contribution in [0, 0.1) is 10.8 Å². The van der Waals surface area contributed by atoms with Gasteiger partial charge in [0.1, 0.15) is 0 Å². The van der Waals surface area contributed by atoms with Gasteiger partial charge in [-0.05, 0) is 113 Å². The van der Waals surface area contributed by atoms with Crippen LogP contribution in [0.25, 0.3) is 0 Å². The van der Waals surface area contributed by atoms with Crippen molar-refractivity contribution in [1.82, 2.24) is 30.7 Å². The van der Waals surface area contributed by atoms with E-state index < -0.39 is 0 Å². The normalized spacial score (nSPS) is 11.5. The summed E-state index contributed by atoms with van der Waals surface area (Å²) in [6.07, 6.45) is 5.36. The summed E-state index contributed by atoms with van der Waals surface area (Å²) in [5.74, 6) is 0.118. The van der Waals surface area contributed by atoms with Gasteiger partial charge in [-0.25, -0.2) is 0 Å². The van der Waals surface area contributed by atoms with E-state index in [9.17, 15) is 9.59 Å². The summed E-state index contributed by atoms with van der Waals surface area (Å²) < 4.78 is 0. The molecule has 0 unspecified atom stereocenters. The largest absolute Gasteiger partial charge is 0.356 e. The van der Waals surface area contributed by atoms with Crippen molar-refractivity contribution in [2.24, 2.45) is 10.8 Å². The Morgan fingerprint density at radius 2 is 1.10 bits per heavy atom. The van der Waals surface area contributed by atoms with Crippen molar-refractivity contribution in [3.63, 3.8) is 0 Å². The molecule has 0 bridgehead atoms. The van der Waals surface area contributed by atoms with Gasteiger partial charge in [0, 0.05) is 30.6 Å². The summed E-state index contributed by atoms with van der Waals surface area (Å²) in [5, 5.41) is 9.24. The molecule has 0 heterocycles. The summed E-state index contributed by atoms with van der Waals surface area (Å²) >= 11 is 0. The summed E-state index contributed by atoms with van der Waals surface area (Å²) in [6.45, 7) is 25.1. The first-order chi connectivity index (χ1) is 17.9. The third kappa shape index (κ3) is 30.9. The van der Waals surface area contributed by atoms with Crippen LogP contribution in [0.2, 0.25) is 0 Å². The molecule has 0 aliphatic carbocycles. The number of amides is 2. The maximum absolute atomic E-state index is 11.6. The molecule has 0 radical (unpaired) electrons. The van der Waals surface area contributed by atoms with Gasteiger partial charge in [-0.2, -0.15) is 0 Å². The van der Waals surface area contributed by atoms with Crippen molar-refractivity contribution >= 4 is 11.8 Å². The average Bonchev–Trinajstić information content (AvgIpc) is 2.84. The number of nitrogens with zero attached hydrogens (tertiary/aromatic N) is 3. The van der Waals surface area contributed by atoms with Crippen molar-refractivity contribution in [2.75, 3.05) is 88.1 Å². The van der Waals surface area contributed by atoms with Crippen LogP contribution in [0.3, 0.4) is 0 Å². The lowest BCUT2D eigenvalue weighted by Gasteiger charge is -2.23. The molecule has 0 rings (SSSR count). The van der Waals surface area contributed by atoms with Gasteiger partial charge in [-0.3, -0.25) is 9.59 Å². The first-order valence-electron chi connectivity index (χ1n) is 14.8. The highest BCUT2D eigenvalue weighted by molar-refractivity contribution is 5.92. The van der Waals surface area contributed by atoms with Crippen molar-refractivity contribution in [3.05, 3.63) is 12.2 Å². The lowest BCUT2D eigenvalue weighted by molar-refractivity contribution is -0.129. The van der Waals surface area contributed by atoms with E-state index in [-0.39, 0.29) is 17.2 Å². The molecule has 0 aromatic rings. The molecule has 8 nitrogen and oxygen atoms in total. The minimum atomic E-state index is -0.224. The number of carbonyl (C=O) groups is 2. The Balaban J connectivity index is -0.000000500. The van der Waals surface area contributed by atoms with E-state index in [2.05, 4.69) is 72.1 Å². The van der Waals surface area contributed by atoms with Gasteiger partial charge in [0.25, 0.3) is 0 Å². The van der Waals surface area contributed by atoms with Crippen LogP contribution in [0.5, 0.6) is 0 Å². The van der Waals surface area contributed by atoms with Crippen molar-refractivity contribution in [1.29, 1.82) is 0 Å². The molecule has 39 heavy (non-hydrogen) atoms. The van der Waals surface area contributed by atoms with Crippen LogP contribution in [-0.4, -0.2) is 115 Å². The van der Waals surface area contributed by atoms with E-state index in [0.717, 1.165) is 58.5 Å². The highest BCUT2D eigenvalue weighted by Crippen LogP contribution is 2.19. The molecule has 0 aromatic carbocycles. The van der Waals surface area contributed by atoms with Crippen LogP contribution >= 0.6 is 0 Å². The number of hydrogen-bond donors (Lipinski definition) is 3. The molecule has 0 aliphatic heterocycles. The molecule has 0 saturated carbocycles. The highest BCUT2D eigenvalue weighted by atomic mass is 16.2. The van der Waals surface area contributed by atoms with Gasteiger partial charge in [-0.15, -0.1) is 0 Å². The van der Waals surface area contributed by atoms with Gasteiger partial charge in [0.15, 0.2) is 0 Å². The predicted molar refractivity (Wildman–Crippen MR) is 171 cm³/mol. The quantitative estimate of drug-likeness (QED) is 0.174. The summed E-state index contributed by atoms with van der Waals surface area (Å²) in [5.41, 5.74) is 0.802.